The number of thiazole rings is 1. The van der Waals surface area contributed by atoms with Crippen LogP contribution in [-0.2, 0) is 6.54 Å². The van der Waals surface area contributed by atoms with Gasteiger partial charge in [-0.25, -0.2) is 4.98 Å². The Kier molecular flexibility index (Phi) is 5.07. The van der Waals surface area contributed by atoms with Gasteiger partial charge in [-0.05, 0) is 24.9 Å². The van der Waals surface area contributed by atoms with Gasteiger partial charge in [-0.2, -0.15) is 0 Å². The van der Waals surface area contributed by atoms with E-state index in [4.69, 9.17) is 5.73 Å². The van der Waals surface area contributed by atoms with Gasteiger partial charge in [-0.15, -0.1) is 11.3 Å². The zero-order chi connectivity index (χ0) is 10.4. The molecule has 1 heterocycles. The molecule has 3 N–H and O–H groups in total. The predicted octanol–water partition coefficient (Wildman–Crippen LogP) is 1.46. The average molecular weight is 213 g/mol. The summed E-state index contributed by atoms with van der Waals surface area (Å²) >= 11 is 1.63. The molecule has 14 heavy (non-hydrogen) atoms. The minimum Gasteiger partial charge on any atom is -0.330 e. The maximum atomic E-state index is 5.68. The second kappa shape index (κ2) is 6.11. The lowest BCUT2D eigenvalue weighted by molar-refractivity contribution is 0.370. The molecule has 0 aliphatic carbocycles. The van der Waals surface area contributed by atoms with Gasteiger partial charge in [0.15, 0.2) is 0 Å². The minimum atomic E-state index is 0.564. The molecule has 80 valence electrons. The van der Waals surface area contributed by atoms with Crippen molar-refractivity contribution >= 4 is 11.3 Å². The van der Waals surface area contributed by atoms with Gasteiger partial charge in [0.1, 0.15) is 0 Å². The van der Waals surface area contributed by atoms with Gasteiger partial charge in [0.2, 0.25) is 0 Å². The Balaban J connectivity index is 2.20. The molecule has 3 nitrogen and oxygen atoms in total. The summed E-state index contributed by atoms with van der Waals surface area (Å²) in [5.74, 6) is 1.21. The summed E-state index contributed by atoms with van der Waals surface area (Å²) in [6, 6.07) is 0. The van der Waals surface area contributed by atoms with Gasteiger partial charge in [0, 0.05) is 11.9 Å². The first-order chi connectivity index (χ1) is 6.74. The van der Waals surface area contributed by atoms with Crippen LogP contribution in [0.15, 0.2) is 10.9 Å². The Morgan fingerprint density at radius 1 is 1.57 bits per heavy atom. The van der Waals surface area contributed by atoms with Crippen molar-refractivity contribution in [3.8, 4) is 0 Å². The topological polar surface area (TPSA) is 50.9 Å². The Morgan fingerprint density at radius 3 is 2.86 bits per heavy atom. The first kappa shape index (κ1) is 11.6. The van der Waals surface area contributed by atoms with E-state index in [1.165, 1.54) is 0 Å². The van der Waals surface area contributed by atoms with Crippen LogP contribution in [0.4, 0.5) is 0 Å². The Morgan fingerprint density at radius 2 is 2.36 bits per heavy atom. The van der Waals surface area contributed by atoms with Crippen LogP contribution < -0.4 is 11.1 Å². The first-order valence-corrected chi connectivity index (χ1v) is 5.96. The Hall–Kier alpha value is -0.450. The molecule has 0 fully saturated rings. The largest absolute Gasteiger partial charge is 0.330 e. The van der Waals surface area contributed by atoms with Gasteiger partial charge in [-0.3, -0.25) is 0 Å². The fourth-order valence-corrected chi connectivity index (χ4v) is 1.86. The van der Waals surface area contributed by atoms with E-state index in [1.807, 2.05) is 5.51 Å². The van der Waals surface area contributed by atoms with Crippen LogP contribution in [-0.4, -0.2) is 18.1 Å². The SMILES string of the molecule is CC(C)C(CN)CNCc1cscn1. The van der Waals surface area contributed by atoms with Crippen molar-refractivity contribution in [2.75, 3.05) is 13.1 Å². The number of aromatic nitrogens is 1. The van der Waals surface area contributed by atoms with Crippen LogP contribution >= 0.6 is 11.3 Å². The zero-order valence-electron chi connectivity index (χ0n) is 8.86. The van der Waals surface area contributed by atoms with E-state index >= 15 is 0 Å². The highest BCUT2D eigenvalue weighted by Gasteiger charge is 2.10. The maximum Gasteiger partial charge on any atom is 0.0795 e. The van der Waals surface area contributed by atoms with Crippen molar-refractivity contribution in [3.63, 3.8) is 0 Å². The van der Waals surface area contributed by atoms with Crippen LogP contribution in [0.1, 0.15) is 19.5 Å². The third-order valence-corrected chi connectivity index (χ3v) is 3.08. The van der Waals surface area contributed by atoms with Crippen LogP contribution in [0.25, 0.3) is 0 Å². The van der Waals surface area contributed by atoms with E-state index in [0.29, 0.717) is 11.8 Å². The smallest absolute Gasteiger partial charge is 0.0795 e. The molecular weight excluding hydrogens is 194 g/mol. The quantitative estimate of drug-likeness (QED) is 0.752. The number of hydrogen-bond donors (Lipinski definition) is 2. The lowest BCUT2D eigenvalue weighted by Gasteiger charge is -2.18. The van der Waals surface area contributed by atoms with Crippen molar-refractivity contribution in [1.82, 2.24) is 10.3 Å². The molecule has 1 atom stereocenters. The number of nitrogens with zero attached hydrogens (tertiary/aromatic N) is 1. The van der Waals surface area contributed by atoms with Gasteiger partial charge in [-0.1, -0.05) is 13.8 Å². The fraction of sp³-hybridized carbons (Fsp3) is 0.700. The normalized spacial score (nSPS) is 13.4. The first-order valence-electron chi connectivity index (χ1n) is 5.02. The summed E-state index contributed by atoms with van der Waals surface area (Å²) in [4.78, 5) is 4.21. The minimum absolute atomic E-state index is 0.564. The number of nitrogens with one attached hydrogen (secondary N) is 1. The third-order valence-electron chi connectivity index (χ3n) is 2.44. The summed E-state index contributed by atoms with van der Waals surface area (Å²) in [6.07, 6.45) is 0. The van der Waals surface area contributed by atoms with Crippen molar-refractivity contribution < 1.29 is 0 Å². The highest BCUT2D eigenvalue weighted by molar-refractivity contribution is 7.07. The molecule has 0 saturated heterocycles. The van der Waals surface area contributed by atoms with E-state index in [0.717, 1.165) is 25.3 Å². The van der Waals surface area contributed by atoms with Gasteiger partial charge in [0.25, 0.3) is 0 Å². The molecule has 0 amide bonds. The standard InChI is InChI=1S/C10H19N3S/c1-8(2)9(3-11)4-12-5-10-6-14-7-13-10/h6-9,12H,3-5,11H2,1-2H3. The van der Waals surface area contributed by atoms with Gasteiger partial charge in [0.05, 0.1) is 11.2 Å². The number of rotatable bonds is 6. The highest BCUT2D eigenvalue weighted by atomic mass is 32.1. The lowest BCUT2D eigenvalue weighted by Crippen LogP contribution is -2.31. The molecule has 1 rings (SSSR count). The van der Waals surface area contributed by atoms with Crippen LogP contribution in [0.3, 0.4) is 0 Å². The Bertz CT molecular complexity index is 234. The molecular formula is C10H19N3S. The summed E-state index contributed by atoms with van der Waals surface area (Å²) in [5, 5.41) is 5.45. The van der Waals surface area contributed by atoms with Crippen molar-refractivity contribution in [1.29, 1.82) is 0 Å². The summed E-state index contributed by atoms with van der Waals surface area (Å²) < 4.78 is 0. The fourth-order valence-electron chi connectivity index (χ4n) is 1.30. The average Bonchev–Trinajstić information content (AvgIpc) is 2.64. The second-order valence-electron chi connectivity index (χ2n) is 3.85. The molecule has 0 spiro atoms. The Labute approximate surface area is 89.7 Å². The van der Waals surface area contributed by atoms with Crippen molar-refractivity contribution in [2.45, 2.75) is 20.4 Å². The second-order valence-corrected chi connectivity index (χ2v) is 4.57. The molecule has 0 saturated carbocycles. The molecule has 1 aromatic rings. The zero-order valence-corrected chi connectivity index (χ0v) is 9.68. The van der Waals surface area contributed by atoms with E-state index in [9.17, 15) is 0 Å². The van der Waals surface area contributed by atoms with Crippen LogP contribution in [0.2, 0.25) is 0 Å². The van der Waals surface area contributed by atoms with Crippen molar-refractivity contribution in [2.24, 2.45) is 17.6 Å². The number of nitrogens with two attached hydrogens (primary N) is 1. The van der Waals surface area contributed by atoms with E-state index < -0.39 is 0 Å². The van der Waals surface area contributed by atoms with Crippen LogP contribution in [0.5, 0.6) is 0 Å². The summed E-state index contributed by atoms with van der Waals surface area (Å²) in [5.41, 5.74) is 8.66. The van der Waals surface area contributed by atoms with Crippen LogP contribution in [0, 0.1) is 11.8 Å². The van der Waals surface area contributed by atoms with Crippen molar-refractivity contribution in [3.05, 3.63) is 16.6 Å². The van der Waals surface area contributed by atoms with E-state index in [2.05, 4.69) is 29.5 Å². The molecule has 0 aromatic carbocycles. The maximum absolute atomic E-state index is 5.68. The monoisotopic (exact) mass is 213 g/mol. The van der Waals surface area contributed by atoms with E-state index in [-0.39, 0.29) is 0 Å². The highest BCUT2D eigenvalue weighted by Crippen LogP contribution is 2.08. The molecule has 1 aromatic heterocycles. The molecule has 4 heteroatoms. The lowest BCUT2D eigenvalue weighted by atomic mass is 9.96. The predicted molar refractivity (Wildman–Crippen MR) is 61.2 cm³/mol. The summed E-state index contributed by atoms with van der Waals surface area (Å²) in [6.45, 7) is 7.00. The molecule has 0 radical (unpaired) electrons. The molecule has 1 unspecified atom stereocenters. The number of hydrogen-bond acceptors (Lipinski definition) is 4. The van der Waals surface area contributed by atoms with Gasteiger partial charge < -0.3 is 11.1 Å². The van der Waals surface area contributed by atoms with Gasteiger partial charge >= 0.3 is 0 Å². The van der Waals surface area contributed by atoms with E-state index in [1.54, 1.807) is 11.3 Å². The molecule has 0 aliphatic heterocycles. The third kappa shape index (κ3) is 3.74. The molecule has 0 bridgehead atoms. The molecule has 0 aliphatic rings. The summed E-state index contributed by atoms with van der Waals surface area (Å²) in [7, 11) is 0.